The van der Waals surface area contributed by atoms with Crippen LogP contribution in [0.2, 0.25) is 0 Å². The summed E-state index contributed by atoms with van der Waals surface area (Å²) in [7, 11) is 0. The van der Waals surface area contributed by atoms with Gasteiger partial charge in [0.1, 0.15) is 0 Å². The van der Waals surface area contributed by atoms with E-state index in [0.29, 0.717) is 0 Å². The average molecular weight is 214 g/mol. The van der Waals surface area contributed by atoms with Gasteiger partial charge in [-0.3, -0.25) is 4.79 Å². The molecule has 1 amide bonds. The van der Waals surface area contributed by atoms with Crippen LogP contribution in [0.3, 0.4) is 0 Å². The standard InChI is InChI=1S/C12H26N2O/c1-4-5-6-7-8-13-9-10-14-12(15)11(2)3/h11,13H,4-10H2,1-3H3,(H,14,15). The highest BCUT2D eigenvalue weighted by Crippen LogP contribution is 1.96. The topological polar surface area (TPSA) is 41.1 Å². The lowest BCUT2D eigenvalue weighted by Crippen LogP contribution is -2.34. The van der Waals surface area contributed by atoms with Gasteiger partial charge < -0.3 is 10.6 Å². The lowest BCUT2D eigenvalue weighted by molar-refractivity contribution is -0.123. The molecule has 0 aliphatic carbocycles. The van der Waals surface area contributed by atoms with Crippen molar-refractivity contribution in [2.24, 2.45) is 5.92 Å². The lowest BCUT2D eigenvalue weighted by atomic mass is 10.2. The van der Waals surface area contributed by atoms with E-state index in [1.807, 2.05) is 13.8 Å². The number of carbonyl (C=O) groups is 1. The van der Waals surface area contributed by atoms with E-state index in [1.165, 1.54) is 25.7 Å². The normalized spacial score (nSPS) is 10.7. The number of unbranched alkanes of at least 4 members (excludes halogenated alkanes) is 3. The van der Waals surface area contributed by atoms with Gasteiger partial charge in [0.2, 0.25) is 5.91 Å². The molecule has 0 saturated heterocycles. The number of amides is 1. The van der Waals surface area contributed by atoms with Crippen LogP contribution in [0, 0.1) is 5.92 Å². The summed E-state index contributed by atoms with van der Waals surface area (Å²) in [6.45, 7) is 8.73. The minimum Gasteiger partial charge on any atom is -0.355 e. The van der Waals surface area contributed by atoms with Crippen molar-refractivity contribution in [3.05, 3.63) is 0 Å². The van der Waals surface area contributed by atoms with Gasteiger partial charge in [0.25, 0.3) is 0 Å². The predicted octanol–water partition coefficient (Wildman–Crippen LogP) is 1.93. The summed E-state index contributed by atoms with van der Waals surface area (Å²) in [5, 5.41) is 6.21. The van der Waals surface area contributed by atoms with Gasteiger partial charge in [-0.05, 0) is 13.0 Å². The first kappa shape index (κ1) is 14.4. The summed E-state index contributed by atoms with van der Waals surface area (Å²) in [5.41, 5.74) is 0. The first-order valence-electron chi connectivity index (χ1n) is 6.17. The molecule has 3 heteroatoms. The monoisotopic (exact) mass is 214 g/mol. The van der Waals surface area contributed by atoms with Crippen LogP contribution >= 0.6 is 0 Å². The van der Waals surface area contributed by atoms with Gasteiger partial charge in [0, 0.05) is 19.0 Å². The van der Waals surface area contributed by atoms with Crippen LogP contribution in [-0.4, -0.2) is 25.5 Å². The van der Waals surface area contributed by atoms with Gasteiger partial charge in [-0.15, -0.1) is 0 Å². The fraction of sp³-hybridized carbons (Fsp3) is 0.917. The molecular formula is C12H26N2O. The Labute approximate surface area is 94.0 Å². The molecule has 15 heavy (non-hydrogen) atoms. The highest BCUT2D eigenvalue weighted by atomic mass is 16.1. The highest BCUT2D eigenvalue weighted by molar-refractivity contribution is 5.77. The molecule has 0 spiro atoms. The SMILES string of the molecule is CCCCCCNCCNC(=O)C(C)C. The summed E-state index contributed by atoms with van der Waals surface area (Å²) in [4.78, 5) is 11.2. The minimum absolute atomic E-state index is 0.0922. The van der Waals surface area contributed by atoms with Gasteiger partial charge in [0.05, 0.1) is 0 Å². The van der Waals surface area contributed by atoms with Crippen molar-refractivity contribution in [2.75, 3.05) is 19.6 Å². The third kappa shape index (κ3) is 9.73. The van der Waals surface area contributed by atoms with E-state index in [0.717, 1.165) is 19.6 Å². The first-order valence-corrected chi connectivity index (χ1v) is 6.17. The van der Waals surface area contributed by atoms with Crippen LogP contribution in [0.5, 0.6) is 0 Å². The Kier molecular flexibility index (Phi) is 9.59. The molecule has 0 fully saturated rings. The molecule has 0 heterocycles. The van der Waals surface area contributed by atoms with Gasteiger partial charge >= 0.3 is 0 Å². The van der Waals surface area contributed by atoms with Crippen LogP contribution in [-0.2, 0) is 4.79 Å². The van der Waals surface area contributed by atoms with E-state index in [4.69, 9.17) is 0 Å². The number of carbonyl (C=O) groups excluding carboxylic acids is 1. The van der Waals surface area contributed by atoms with Crippen LogP contribution < -0.4 is 10.6 Å². The van der Waals surface area contributed by atoms with E-state index in [9.17, 15) is 4.79 Å². The Balaban J connectivity index is 3.08. The van der Waals surface area contributed by atoms with Crippen molar-refractivity contribution < 1.29 is 4.79 Å². The molecule has 0 radical (unpaired) electrons. The molecule has 0 saturated carbocycles. The molecule has 90 valence electrons. The lowest BCUT2D eigenvalue weighted by Gasteiger charge is -2.08. The predicted molar refractivity (Wildman–Crippen MR) is 64.9 cm³/mol. The fourth-order valence-electron chi connectivity index (χ4n) is 1.28. The third-order valence-corrected chi connectivity index (χ3v) is 2.33. The summed E-state index contributed by atoms with van der Waals surface area (Å²) in [5.74, 6) is 0.234. The summed E-state index contributed by atoms with van der Waals surface area (Å²) >= 11 is 0. The van der Waals surface area contributed by atoms with Crippen LogP contribution in [0.25, 0.3) is 0 Å². The van der Waals surface area contributed by atoms with Crippen molar-refractivity contribution in [2.45, 2.75) is 46.5 Å². The maximum Gasteiger partial charge on any atom is 0.222 e. The van der Waals surface area contributed by atoms with Gasteiger partial charge in [-0.1, -0.05) is 40.0 Å². The molecule has 2 N–H and O–H groups in total. The van der Waals surface area contributed by atoms with E-state index >= 15 is 0 Å². The molecule has 0 aliphatic rings. The van der Waals surface area contributed by atoms with E-state index in [-0.39, 0.29) is 11.8 Å². The molecule has 3 nitrogen and oxygen atoms in total. The summed E-state index contributed by atoms with van der Waals surface area (Å²) in [6, 6.07) is 0. The average Bonchev–Trinajstić information content (AvgIpc) is 2.21. The molecule has 0 unspecified atom stereocenters. The maximum atomic E-state index is 11.2. The molecule has 0 bridgehead atoms. The van der Waals surface area contributed by atoms with Crippen molar-refractivity contribution in [1.82, 2.24) is 10.6 Å². The molecular weight excluding hydrogens is 188 g/mol. The van der Waals surface area contributed by atoms with Gasteiger partial charge in [-0.2, -0.15) is 0 Å². The Morgan fingerprint density at radius 3 is 2.40 bits per heavy atom. The zero-order valence-corrected chi connectivity index (χ0v) is 10.4. The smallest absolute Gasteiger partial charge is 0.222 e. The largest absolute Gasteiger partial charge is 0.355 e. The highest BCUT2D eigenvalue weighted by Gasteiger charge is 2.04. The molecule has 0 aliphatic heterocycles. The van der Waals surface area contributed by atoms with E-state index in [1.54, 1.807) is 0 Å². The van der Waals surface area contributed by atoms with Crippen LogP contribution in [0.4, 0.5) is 0 Å². The van der Waals surface area contributed by atoms with E-state index < -0.39 is 0 Å². The van der Waals surface area contributed by atoms with Gasteiger partial charge in [-0.25, -0.2) is 0 Å². The number of hydrogen-bond acceptors (Lipinski definition) is 2. The quantitative estimate of drug-likeness (QED) is 0.576. The fourth-order valence-corrected chi connectivity index (χ4v) is 1.28. The number of rotatable bonds is 9. The summed E-state index contributed by atoms with van der Waals surface area (Å²) in [6.07, 6.45) is 5.16. The molecule has 0 atom stereocenters. The van der Waals surface area contributed by atoms with Crippen molar-refractivity contribution in [3.63, 3.8) is 0 Å². The Morgan fingerprint density at radius 2 is 1.80 bits per heavy atom. The molecule has 0 aromatic carbocycles. The van der Waals surface area contributed by atoms with Crippen LogP contribution in [0.1, 0.15) is 46.5 Å². The second kappa shape index (κ2) is 9.97. The first-order chi connectivity index (χ1) is 7.18. The van der Waals surface area contributed by atoms with Crippen molar-refractivity contribution >= 4 is 5.91 Å². The maximum absolute atomic E-state index is 11.2. The van der Waals surface area contributed by atoms with Crippen LogP contribution in [0.15, 0.2) is 0 Å². The van der Waals surface area contributed by atoms with E-state index in [2.05, 4.69) is 17.6 Å². The molecule has 0 rings (SSSR count). The zero-order chi connectivity index (χ0) is 11.5. The number of hydrogen-bond donors (Lipinski definition) is 2. The van der Waals surface area contributed by atoms with Crippen molar-refractivity contribution in [3.8, 4) is 0 Å². The third-order valence-electron chi connectivity index (χ3n) is 2.33. The summed E-state index contributed by atoms with van der Waals surface area (Å²) < 4.78 is 0. The zero-order valence-electron chi connectivity index (χ0n) is 10.4. The number of nitrogens with one attached hydrogen (secondary N) is 2. The minimum atomic E-state index is 0.0922. The Morgan fingerprint density at radius 1 is 1.07 bits per heavy atom. The Hall–Kier alpha value is -0.570. The molecule has 0 aromatic rings. The second-order valence-electron chi connectivity index (χ2n) is 4.26. The second-order valence-corrected chi connectivity index (χ2v) is 4.26. The van der Waals surface area contributed by atoms with Gasteiger partial charge in [0.15, 0.2) is 0 Å². The Bertz CT molecular complexity index is 158. The molecule has 0 aromatic heterocycles. The van der Waals surface area contributed by atoms with Crippen molar-refractivity contribution in [1.29, 1.82) is 0 Å².